The Labute approximate surface area is 150 Å². The largest absolute Gasteiger partial charge is 0.756 e. The van der Waals surface area contributed by atoms with Crippen molar-refractivity contribution >= 4 is 13.7 Å². The molecule has 1 saturated heterocycles. The van der Waals surface area contributed by atoms with Crippen LogP contribution in [-0.4, -0.2) is 49.6 Å². The van der Waals surface area contributed by atoms with Crippen molar-refractivity contribution in [1.29, 1.82) is 0 Å². The fourth-order valence-electron chi connectivity index (χ4n) is 2.43. The molecular formula is C15H19N2O8P. The first kappa shape index (κ1) is 20.5. The minimum absolute atomic E-state index is 0.108. The summed E-state index contributed by atoms with van der Waals surface area (Å²) in [5.41, 5.74) is 5.47. The molecule has 0 spiro atoms. The molecule has 0 bridgehead atoms. The summed E-state index contributed by atoms with van der Waals surface area (Å²) in [5, 5.41) is 10.4. The standard InChI is InChI=1S/C15H19N2O8P/c1-3-7-23-13-12(18)11(9-24-26(20,21)22-2)25-15(13)17-6-4-5-10(8-17)14(16)19/h1,4-6,8,11-13,15,18H,7,9H2,2H3,(H2-,16,19,20,21)/t11-,12-,13-,15-/m1/s1. The number of phosphoric ester groups is 1. The Morgan fingerprint density at radius 1 is 1.62 bits per heavy atom. The lowest BCUT2D eigenvalue weighted by atomic mass is 10.1. The fourth-order valence-corrected chi connectivity index (χ4v) is 2.87. The number of phosphoric acid groups is 1. The lowest BCUT2D eigenvalue weighted by molar-refractivity contribution is -0.766. The zero-order valence-corrected chi connectivity index (χ0v) is 14.8. The van der Waals surface area contributed by atoms with E-state index in [-0.39, 0.29) is 12.2 Å². The Morgan fingerprint density at radius 2 is 2.35 bits per heavy atom. The Hall–Kier alpha value is -1.83. The molecule has 10 nitrogen and oxygen atoms in total. The summed E-state index contributed by atoms with van der Waals surface area (Å²) < 4.78 is 32.7. The average molecular weight is 386 g/mol. The number of primary amides is 1. The van der Waals surface area contributed by atoms with Gasteiger partial charge in [-0.15, -0.1) is 6.42 Å². The average Bonchev–Trinajstić information content (AvgIpc) is 2.94. The molecular weight excluding hydrogens is 367 g/mol. The first-order valence-electron chi connectivity index (χ1n) is 7.49. The van der Waals surface area contributed by atoms with Crippen molar-refractivity contribution in [3.8, 4) is 12.3 Å². The number of amides is 1. The Bertz CT molecular complexity index is 737. The summed E-state index contributed by atoms with van der Waals surface area (Å²) in [4.78, 5) is 22.7. The maximum absolute atomic E-state index is 11.4. The van der Waals surface area contributed by atoms with Crippen molar-refractivity contribution in [2.75, 3.05) is 20.3 Å². The third-order valence-electron chi connectivity index (χ3n) is 3.69. The van der Waals surface area contributed by atoms with Crippen molar-refractivity contribution in [3.63, 3.8) is 0 Å². The Kier molecular flexibility index (Phi) is 6.86. The van der Waals surface area contributed by atoms with Gasteiger partial charge in [-0.05, 0) is 6.07 Å². The number of aliphatic hydroxyl groups is 1. The summed E-state index contributed by atoms with van der Waals surface area (Å²) in [5.74, 6) is 1.63. The van der Waals surface area contributed by atoms with Gasteiger partial charge < -0.3 is 34.3 Å². The number of aliphatic hydroxyl groups excluding tert-OH is 1. The maximum atomic E-state index is 11.4. The van der Waals surface area contributed by atoms with Crippen LogP contribution in [0.3, 0.4) is 0 Å². The van der Waals surface area contributed by atoms with Crippen molar-refractivity contribution in [1.82, 2.24) is 0 Å². The van der Waals surface area contributed by atoms with Gasteiger partial charge in [-0.3, -0.25) is 9.36 Å². The van der Waals surface area contributed by atoms with Gasteiger partial charge in [0, 0.05) is 13.2 Å². The summed E-state index contributed by atoms with van der Waals surface area (Å²) in [7, 11) is -3.54. The van der Waals surface area contributed by atoms with Gasteiger partial charge in [-0.1, -0.05) is 5.92 Å². The summed E-state index contributed by atoms with van der Waals surface area (Å²) in [6.45, 7) is -0.596. The third kappa shape index (κ3) is 4.87. The highest BCUT2D eigenvalue weighted by Crippen LogP contribution is 2.38. The number of carbonyl (C=O) groups is 1. The first-order chi connectivity index (χ1) is 12.3. The number of nitrogens with zero attached hydrogens (tertiary/aromatic N) is 1. The van der Waals surface area contributed by atoms with E-state index >= 15 is 0 Å². The van der Waals surface area contributed by atoms with Crippen LogP contribution in [-0.2, 0) is 23.1 Å². The molecule has 26 heavy (non-hydrogen) atoms. The summed E-state index contributed by atoms with van der Waals surface area (Å²) in [6, 6.07) is 3.07. The van der Waals surface area contributed by atoms with Crippen molar-refractivity contribution in [2.45, 2.75) is 24.5 Å². The molecule has 3 N–H and O–H groups in total. The number of hydrogen-bond acceptors (Lipinski definition) is 8. The van der Waals surface area contributed by atoms with Gasteiger partial charge in [0.05, 0.1) is 6.61 Å². The molecule has 0 saturated carbocycles. The van der Waals surface area contributed by atoms with Crippen LogP contribution in [0.25, 0.3) is 0 Å². The number of rotatable bonds is 8. The van der Waals surface area contributed by atoms with Gasteiger partial charge >= 0.3 is 0 Å². The molecule has 0 aliphatic carbocycles. The van der Waals surface area contributed by atoms with Crippen LogP contribution in [0.1, 0.15) is 16.6 Å². The first-order valence-corrected chi connectivity index (χ1v) is 8.95. The molecule has 5 atom stereocenters. The van der Waals surface area contributed by atoms with Crippen LogP contribution in [0, 0.1) is 12.3 Å². The van der Waals surface area contributed by atoms with E-state index in [0.29, 0.717) is 0 Å². The smallest absolute Gasteiger partial charge is 0.292 e. The molecule has 1 aromatic rings. The minimum atomic E-state index is -4.49. The Morgan fingerprint density at radius 3 is 2.96 bits per heavy atom. The zero-order chi connectivity index (χ0) is 19.3. The topological polar surface area (TPSA) is 144 Å². The van der Waals surface area contributed by atoms with Crippen LogP contribution in [0.2, 0.25) is 0 Å². The minimum Gasteiger partial charge on any atom is -0.756 e. The number of nitrogens with two attached hydrogens (primary N) is 1. The second kappa shape index (κ2) is 8.70. The number of pyridine rings is 1. The molecule has 1 unspecified atom stereocenters. The molecule has 2 rings (SSSR count). The second-order valence-electron chi connectivity index (χ2n) is 5.37. The number of aromatic nitrogens is 1. The SMILES string of the molecule is C#CCO[C@@H]1[C@H](O)[C@@H](COP(=O)([O-])OC)O[C@H]1[n+]1cccc(C(N)=O)c1. The second-order valence-corrected chi connectivity index (χ2v) is 6.88. The van der Waals surface area contributed by atoms with E-state index in [2.05, 4.69) is 15.0 Å². The van der Waals surface area contributed by atoms with Gasteiger partial charge in [-0.2, -0.15) is 4.57 Å². The van der Waals surface area contributed by atoms with E-state index in [4.69, 9.17) is 21.6 Å². The molecule has 1 aliphatic heterocycles. The molecule has 1 aliphatic rings. The van der Waals surface area contributed by atoms with Crippen molar-refractivity contribution in [3.05, 3.63) is 30.1 Å². The molecule has 0 aromatic carbocycles. The number of terminal acetylenes is 1. The van der Waals surface area contributed by atoms with Crippen LogP contribution in [0.4, 0.5) is 0 Å². The van der Waals surface area contributed by atoms with Gasteiger partial charge in [-0.25, -0.2) is 0 Å². The molecule has 1 amide bonds. The van der Waals surface area contributed by atoms with E-state index in [1.807, 2.05) is 0 Å². The zero-order valence-electron chi connectivity index (χ0n) is 13.9. The predicted molar refractivity (Wildman–Crippen MR) is 84.2 cm³/mol. The van der Waals surface area contributed by atoms with Crippen LogP contribution in [0.5, 0.6) is 0 Å². The highest BCUT2D eigenvalue weighted by Gasteiger charge is 2.50. The van der Waals surface area contributed by atoms with E-state index in [9.17, 15) is 19.4 Å². The molecule has 142 valence electrons. The third-order valence-corrected chi connectivity index (χ3v) is 4.61. The normalized spacial score (nSPS) is 27.6. The van der Waals surface area contributed by atoms with E-state index in [1.54, 1.807) is 12.3 Å². The molecule has 2 heterocycles. The number of hydrogen-bond donors (Lipinski definition) is 2. The summed E-state index contributed by atoms with van der Waals surface area (Å²) in [6.07, 6.45) is 4.08. The van der Waals surface area contributed by atoms with E-state index < -0.39 is 44.9 Å². The van der Waals surface area contributed by atoms with Gasteiger partial charge in [0.25, 0.3) is 20.0 Å². The molecule has 11 heteroatoms. The lowest BCUT2D eigenvalue weighted by Crippen LogP contribution is -2.47. The summed E-state index contributed by atoms with van der Waals surface area (Å²) >= 11 is 0. The number of carbonyl (C=O) groups excluding carboxylic acids is 1. The van der Waals surface area contributed by atoms with E-state index in [0.717, 1.165) is 7.11 Å². The van der Waals surface area contributed by atoms with Gasteiger partial charge in [0.1, 0.15) is 24.4 Å². The van der Waals surface area contributed by atoms with Crippen LogP contribution < -0.4 is 15.2 Å². The van der Waals surface area contributed by atoms with Gasteiger partial charge in [0.2, 0.25) is 0 Å². The lowest BCUT2D eigenvalue weighted by Gasteiger charge is -2.23. The molecule has 1 aromatic heterocycles. The van der Waals surface area contributed by atoms with Gasteiger partial charge in [0.15, 0.2) is 18.5 Å². The Balaban J connectivity index is 2.22. The maximum Gasteiger partial charge on any atom is 0.292 e. The molecule has 1 fully saturated rings. The molecule has 0 radical (unpaired) electrons. The quantitative estimate of drug-likeness (QED) is 0.311. The highest BCUT2D eigenvalue weighted by atomic mass is 31.2. The monoisotopic (exact) mass is 386 g/mol. The van der Waals surface area contributed by atoms with Crippen LogP contribution >= 0.6 is 7.82 Å². The van der Waals surface area contributed by atoms with Crippen molar-refractivity contribution in [2.24, 2.45) is 5.73 Å². The van der Waals surface area contributed by atoms with E-state index in [1.165, 1.54) is 16.8 Å². The predicted octanol–water partition coefficient (Wildman–Crippen LogP) is -1.52. The van der Waals surface area contributed by atoms with Crippen LogP contribution in [0.15, 0.2) is 24.5 Å². The number of ether oxygens (including phenoxy) is 2. The highest BCUT2D eigenvalue weighted by molar-refractivity contribution is 7.45. The van der Waals surface area contributed by atoms with Crippen molar-refractivity contribution < 1.29 is 42.4 Å². The fraction of sp³-hybridized carbons (Fsp3) is 0.467.